The van der Waals surface area contributed by atoms with Crippen molar-refractivity contribution in [2.24, 2.45) is 0 Å². The lowest BCUT2D eigenvalue weighted by Crippen LogP contribution is -2.46. The topological polar surface area (TPSA) is 89.8 Å². The van der Waals surface area contributed by atoms with E-state index >= 15 is 0 Å². The van der Waals surface area contributed by atoms with Crippen LogP contribution in [-0.2, 0) is 4.79 Å². The molecule has 5 nitrogen and oxygen atoms in total. The molecule has 0 saturated heterocycles. The van der Waals surface area contributed by atoms with Crippen LogP contribution in [0.1, 0.15) is 251 Å². The Morgan fingerprint density at radius 3 is 0.980 bits per heavy atom. The van der Waals surface area contributed by atoms with E-state index in [0.717, 1.165) is 25.7 Å². The van der Waals surface area contributed by atoms with Gasteiger partial charge in [0.05, 0.1) is 31.3 Å². The fraction of sp³-hybridized carbons (Fsp3) is 0.977. The molecule has 3 unspecified atom stereocenters. The van der Waals surface area contributed by atoms with Crippen molar-refractivity contribution < 1.29 is 20.1 Å². The van der Waals surface area contributed by atoms with Crippen LogP contribution in [0.4, 0.5) is 0 Å². The van der Waals surface area contributed by atoms with Crippen LogP contribution in [0.3, 0.4) is 0 Å². The average molecular weight is 696 g/mol. The van der Waals surface area contributed by atoms with Crippen molar-refractivity contribution in [2.75, 3.05) is 6.61 Å². The predicted molar refractivity (Wildman–Crippen MR) is 213 cm³/mol. The molecule has 5 heteroatoms. The van der Waals surface area contributed by atoms with E-state index in [9.17, 15) is 20.1 Å². The number of aliphatic hydroxyl groups is 3. The van der Waals surface area contributed by atoms with Crippen LogP contribution in [0, 0.1) is 0 Å². The normalized spacial score (nSPS) is 13.5. The molecule has 49 heavy (non-hydrogen) atoms. The summed E-state index contributed by atoms with van der Waals surface area (Å²) >= 11 is 0. The third-order valence-electron chi connectivity index (χ3n) is 10.7. The second-order valence-corrected chi connectivity index (χ2v) is 15.7. The van der Waals surface area contributed by atoms with Crippen molar-refractivity contribution in [1.29, 1.82) is 0 Å². The lowest BCUT2D eigenvalue weighted by atomic mass is 10.0. The van der Waals surface area contributed by atoms with Crippen molar-refractivity contribution in [3.8, 4) is 0 Å². The standard InChI is InChI=1S/C44H89NO4/c1-3-5-7-9-11-13-14-15-16-17-18-19-20-21-22-23-24-25-26-27-28-30-32-34-36-38-43(48)42(40-46)45-44(49)39-41(47)37-35-33-31-29-12-10-8-6-4-2/h41-43,46-48H,3-40H2,1-2H3,(H,45,49). The van der Waals surface area contributed by atoms with Crippen LogP contribution in [-0.4, -0.2) is 46.1 Å². The number of nitrogens with one attached hydrogen (secondary N) is 1. The monoisotopic (exact) mass is 696 g/mol. The van der Waals surface area contributed by atoms with Gasteiger partial charge >= 0.3 is 0 Å². The number of rotatable bonds is 41. The van der Waals surface area contributed by atoms with Gasteiger partial charge in [-0.15, -0.1) is 0 Å². The molecule has 0 spiro atoms. The highest BCUT2D eigenvalue weighted by atomic mass is 16.3. The third-order valence-corrected chi connectivity index (χ3v) is 10.7. The summed E-state index contributed by atoms with van der Waals surface area (Å²) in [6, 6.07) is -0.651. The van der Waals surface area contributed by atoms with Gasteiger partial charge in [0, 0.05) is 0 Å². The molecule has 0 aliphatic rings. The lowest BCUT2D eigenvalue weighted by Gasteiger charge is -2.23. The zero-order valence-corrected chi connectivity index (χ0v) is 33.4. The molecule has 0 aliphatic carbocycles. The molecular weight excluding hydrogens is 606 g/mol. The molecule has 0 fully saturated rings. The van der Waals surface area contributed by atoms with Gasteiger partial charge in [0.2, 0.25) is 5.91 Å². The first-order valence-electron chi connectivity index (χ1n) is 22.3. The van der Waals surface area contributed by atoms with Crippen molar-refractivity contribution in [2.45, 2.75) is 270 Å². The minimum atomic E-state index is -0.743. The Labute approximate surface area is 307 Å². The van der Waals surface area contributed by atoms with Crippen molar-refractivity contribution in [3.05, 3.63) is 0 Å². The van der Waals surface area contributed by atoms with Gasteiger partial charge in [0.1, 0.15) is 0 Å². The molecular formula is C44H89NO4. The minimum absolute atomic E-state index is 0.0414. The van der Waals surface area contributed by atoms with E-state index in [1.165, 1.54) is 193 Å². The number of amides is 1. The van der Waals surface area contributed by atoms with Gasteiger partial charge in [-0.1, -0.05) is 232 Å². The molecule has 0 aromatic heterocycles. The Bertz CT molecular complexity index is 644. The maximum Gasteiger partial charge on any atom is 0.222 e. The van der Waals surface area contributed by atoms with E-state index in [-0.39, 0.29) is 18.9 Å². The first-order chi connectivity index (χ1) is 24.0. The number of hydrogen-bond acceptors (Lipinski definition) is 4. The predicted octanol–water partition coefficient (Wildman–Crippen LogP) is 12.7. The van der Waals surface area contributed by atoms with E-state index in [1.54, 1.807) is 0 Å². The lowest BCUT2D eigenvalue weighted by molar-refractivity contribution is -0.125. The summed E-state index contributed by atoms with van der Waals surface area (Å²) in [7, 11) is 0. The molecule has 0 heterocycles. The maximum atomic E-state index is 12.4. The minimum Gasteiger partial charge on any atom is -0.394 e. The van der Waals surface area contributed by atoms with Gasteiger partial charge in [0.25, 0.3) is 0 Å². The Kier molecular flexibility index (Phi) is 39.6. The zero-order chi connectivity index (χ0) is 35.9. The Morgan fingerprint density at radius 1 is 0.429 bits per heavy atom. The molecule has 0 rings (SSSR count). The second-order valence-electron chi connectivity index (χ2n) is 15.7. The summed E-state index contributed by atoms with van der Waals surface area (Å²) < 4.78 is 0. The highest BCUT2D eigenvalue weighted by Gasteiger charge is 2.21. The van der Waals surface area contributed by atoms with Crippen molar-refractivity contribution >= 4 is 5.91 Å². The first-order valence-corrected chi connectivity index (χ1v) is 22.3. The quantitative estimate of drug-likeness (QED) is 0.0479. The zero-order valence-electron chi connectivity index (χ0n) is 33.4. The molecule has 0 aliphatic heterocycles. The van der Waals surface area contributed by atoms with Crippen LogP contribution in [0.25, 0.3) is 0 Å². The summed E-state index contributed by atoms with van der Waals surface area (Å²) in [5.41, 5.74) is 0. The third kappa shape index (κ3) is 36.9. The molecule has 4 N–H and O–H groups in total. The number of hydrogen-bond donors (Lipinski definition) is 4. The van der Waals surface area contributed by atoms with Gasteiger partial charge in [-0.2, -0.15) is 0 Å². The fourth-order valence-electron chi connectivity index (χ4n) is 7.23. The molecule has 0 radical (unpaired) electrons. The maximum absolute atomic E-state index is 12.4. The summed E-state index contributed by atoms with van der Waals surface area (Å²) in [6.07, 6.45) is 45.2. The number of aliphatic hydroxyl groups excluding tert-OH is 3. The van der Waals surface area contributed by atoms with Crippen LogP contribution in [0.5, 0.6) is 0 Å². The summed E-state index contributed by atoms with van der Waals surface area (Å²) in [6.45, 7) is 4.26. The summed E-state index contributed by atoms with van der Waals surface area (Å²) in [5.74, 6) is -0.281. The van der Waals surface area contributed by atoms with E-state index in [1.807, 2.05) is 0 Å². The van der Waals surface area contributed by atoms with Gasteiger partial charge in [-0.3, -0.25) is 4.79 Å². The number of carbonyl (C=O) groups is 1. The largest absolute Gasteiger partial charge is 0.394 e. The SMILES string of the molecule is CCCCCCCCCCCCCCCCCCCCCCCCCCCC(O)C(CO)NC(=O)CC(O)CCCCCCCCCCC. The van der Waals surface area contributed by atoms with Crippen LogP contribution < -0.4 is 5.32 Å². The Morgan fingerprint density at radius 2 is 0.694 bits per heavy atom. The smallest absolute Gasteiger partial charge is 0.222 e. The van der Waals surface area contributed by atoms with Gasteiger partial charge < -0.3 is 20.6 Å². The Balaban J connectivity index is 3.49. The average Bonchev–Trinajstić information content (AvgIpc) is 3.09. The summed E-state index contributed by atoms with van der Waals surface area (Å²) in [4.78, 5) is 12.4. The van der Waals surface area contributed by atoms with Gasteiger partial charge in [-0.05, 0) is 12.8 Å². The molecule has 0 aromatic carbocycles. The van der Waals surface area contributed by atoms with E-state index in [0.29, 0.717) is 12.8 Å². The molecule has 294 valence electrons. The fourth-order valence-corrected chi connectivity index (χ4v) is 7.23. The molecule has 0 saturated carbocycles. The highest BCUT2D eigenvalue weighted by Crippen LogP contribution is 2.17. The molecule has 0 aromatic rings. The van der Waals surface area contributed by atoms with Gasteiger partial charge in [0.15, 0.2) is 0 Å². The summed E-state index contributed by atoms with van der Waals surface area (Å²) in [5, 5.41) is 33.3. The van der Waals surface area contributed by atoms with E-state index in [4.69, 9.17) is 0 Å². The highest BCUT2D eigenvalue weighted by molar-refractivity contribution is 5.76. The van der Waals surface area contributed by atoms with Crippen molar-refractivity contribution in [1.82, 2.24) is 5.32 Å². The number of carbonyl (C=O) groups excluding carboxylic acids is 1. The van der Waals surface area contributed by atoms with E-state index < -0.39 is 18.2 Å². The van der Waals surface area contributed by atoms with Gasteiger partial charge in [-0.25, -0.2) is 0 Å². The molecule has 3 atom stereocenters. The molecule has 1 amide bonds. The van der Waals surface area contributed by atoms with Crippen LogP contribution >= 0.6 is 0 Å². The first kappa shape index (κ1) is 48.3. The second kappa shape index (κ2) is 40.1. The van der Waals surface area contributed by atoms with Crippen molar-refractivity contribution in [3.63, 3.8) is 0 Å². The van der Waals surface area contributed by atoms with E-state index in [2.05, 4.69) is 19.2 Å². The molecule has 0 bridgehead atoms. The number of unbranched alkanes of at least 4 members (excludes halogenated alkanes) is 32. The Hall–Kier alpha value is -0.650. The van der Waals surface area contributed by atoms with Crippen LogP contribution in [0.2, 0.25) is 0 Å². The van der Waals surface area contributed by atoms with Crippen LogP contribution in [0.15, 0.2) is 0 Å².